The molecule has 2 rings (SSSR count). The van der Waals surface area contributed by atoms with E-state index in [1.807, 2.05) is 58.0 Å². The number of aliphatic hydroxyl groups excluding tert-OH is 1. The van der Waals surface area contributed by atoms with Crippen molar-refractivity contribution < 1.29 is 14.6 Å². The van der Waals surface area contributed by atoms with E-state index < -0.39 is 17.8 Å². The molecule has 1 N–H and O–H groups in total. The Kier molecular flexibility index (Phi) is 7.68. The number of ether oxygens (including phenoxy) is 1. The van der Waals surface area contributed by atoms with Gasteiger partial charge < -0.3 is 14.7 Å². The summed E-state index contributed by atoms with van der Waals surface area (Å²) in [5, 5.41) is 10.6. The number of nitrogens with zero attached hydrogens (tertiary/aromatic N) is 1. The van der Waals surface area contributed by atoms with E-state index in [-0.39, 0.29) is 12.6 Å². The van der Waals surface area contributed by atoms with Gasteiger partial charge in [-0.25, -0.2) is 4.79 Å². The molecule has 0 heterocycles. The third kappa shape index (κ3) is 7.14. The van der Waals surface area contributed by atoms with Crippen molar-refractivity contribution in [3.63, 3.8) is 0 Å². The van der Waals surface area contributed by atoms with Gasteiger partial charge in [0.05, 0.1) is 12.6 Å². The van der Waals surface area contributed by atoms with Gasteiger partial charge in [0.1, 0.15) is 5.60 Å². The summed E-state index contributed by atoms with van der Waals surface area (Å²) in [5.74, 6) is 0. The van der Waals surface area contributed by atoms with Gasteiger partial charge in [-0.3, -0.25) is 0 Å². The van der Waals surface area contributed by atoms with Crippen LogP contribution in [0.2, 0.25) is 0 Å². The van der Waals surface area contributed by atoms with Crippen LogP contribution in [0.15, 0.2) is 54.6 Å². The highest BCUT2D eigenvalue weighted by atomic mass is 127. The van der Waals surface area contributed by atoms with Crippen LogP contribution in [-0.2, 0) is 11.2 Å². The van der Waals surface area contributed by atoms with Crippen LogP contribution in [0.25, 0.3) is 0 Å². The summed E-state index contributed by atoms with van der Waals surface area (Å²) >= 11 is 2.27. The van der Waals surface area contributed by atoms with Crippen molar-refractivity contribution in [1.82, 2.24) is 4.90 Å². The molecule has 0 saturated carbocycles. The first-order valence-electron chi connectivity index (χ1n) is 9.13. The largest absolute Gasteiger partial charge is 0.444 e. The maximum Gasteiger partial charge on any atom is 0.410 e. The van der Waals surface area contributed by atoms with E-state index in [0.717, 1.165) is 11.1 Å². The number of amides is 1. The minimum atomic E-state index is -0.766. The summed E-state index contributed by atoms with van der Waals surface area (Å²) in [7, 11) is 0. The molecule has 0 bridgehead atoms. The van der Waals surface area contributed by atoms with Crippen LogP contribution < -0.4 is 0 Å². The summed E-state index contributed by atoms with van der Waals surface area (Å²) in [4.78, 5) is 14.4. The van der Waals surface area contributed by atoms with Gasteiger partial charge in [0.15, 0.2) is 0 Å². The van der Waals surface area contributed by atoms with Gasteiger partial charge in [0.2, 0.25) is 0 Å². The lowest BCUT2D eigenvalue weighted by molar-refractivity contribution is 0.00547. The zero-order valence-corrected chi connectivity index (χ0v) is 18.5. The Hall–Kier alpha value is -1.60. The maximum absolute atomic E-state index is 12.8. The van der Waals surface area contributed by atoms with Crippen LogP contribution in [0, 0.1) is 3.57 Å². The smallest absolute Gasteiger partial charge is 0.410 e. The molecule has 2 unspecified atom stereocenters. The Labute approximate surface area is 175 Å². The summed E-state index contributed by atoms with van der Waals surface area (Å²) < 4.78 is 6.76. The van der Waals surface area contributed by atoms with Crippen LogP contribution in [-0.4, -0.2) is 34.3 Å². The van der Waals surface area contributed by atoms with Crippen LogP contribution in [0.1, 0.15) is 44.9 Å². The van der Waals surface area contributed by atoms with E-state index in [1.54, 1.807) is 4.90 Å². The molecule has 0 aliphatic carbocycles. The van der Waals surface area contributed by atoms with Gasteiger partial charge in [0, 0.05) is 9.61 Å². The second kappa shape index (κ2) is 9.55. The second-order valence-corrected chi connectivity index (χ2v) is 8.98. The summed E-state index contributed by atoms with van der Waals surface area (Å²) in [6.45, 7) is 7.71. The van der Waals surface area contributed by atoms with Gasteiger partial charge in [-0.15, -0.1) is 0 Å². The topological polar surface area (TPSA) is 49.8 Å². The average molecular weight is 481 g/mol. The molecule has 4 nitrogen and oxygen atoms in total. The van der Waals surface area contributed by atoms with E-state index in [9.17, 15) is 9.90 Å². The zero-order valence-electron chi connectivity index (χ0n) is 16.4. The zero-order chi connectivity index (χ0) is 20.0. The van der Waals surface area contributed by atoms with Crippen molar-refractivity contribution in [1.29, 1.82) is 0 Å². The average Bonchev–Trinajstić information content (AvgIpc) is 2.60. The number of hydrogen-bond acceptors (Lipinski definition) is 3. The summed E-state index contributed by atoms with van der Waals surface area (Å²) in [5.41, 5.74) is 1.34. The van der Waals surface area contributed by atoms with Crippen molar-refractivity contribution >= 4 is 28.7 Å². The number of hydrogen-bond donors (Lipinski definition) is 1. The molecule has 0 radical (unpaired) electrons. The number of rotatable bonds is 6. The van der Waals surface area contributed by atoms with Crippen LogP contribution >= 0.6 is 22.6 Å². The number of aliphatic hydroxyl groups is 1. The van der Waals surface area contributed by atoms with Gasteiger partial charge >= 0.3 is 6.09 Å². The lowest BCUT2D eigenvalue weighted by Gasteiger charge is -2.33. The molecule has 1 amide bonds. The lowest BCUT2D eigenvalue weighted by atomic mass is 10.0. The number of halogens is 1. The Bertz CT molecular complexity index is 725. The van der Waals surface area contributed by atoms with Crippen molar-refractivity contribution in [2.45, 2.75) is 51.9 Å². The fourth-order valence-electron chi connectivity index (χ4n) is 2.79. The molecule has 0 saturated heterocycles. The monoisotopic (exact) mass is 481 g/mol. The van der Waals surface area contributed by atoms with Crippen LogP contribution in [0.3, 0.4) is 0 Å². The second-order valence-electron chi connectivity index (χ2n) is 7.74. The molecular formula is C22H28INO3. The van der Waals surface area contributed by atoms with E-state index in [0.29, 0.717) is 6.42 Å². The first-order chi connectivity index (χ1) is 12.7. The molecule has 5 heteroatoms. The molecule has 0 aliphatic heterocycles. The molecule has 0 fully saturated rings. The van der Waals surface area contributed by atoms with Gasteiger partial charge in [-0.05, 0) is 80.0 Å². The minimum absolute atomic E-state index is 0.113. The summed E-state index contributed by atoms with van der Waals surface area (Å²) in [6.07, 6.45) is -0.481. The third-order valence-corrected chi connectivity index (χ3v) is 4.88. The summed E-state index contributed by atoms with van der Waals surface area (Å²) in [6, 6.07) is 17.5. The normalized spacial score (nSPS) is 13.7. The molecule has 2 aromatic rings. The molecule has 27 heavy (non-hydrogen) atoms. The molecule has 2 aromatic carbocycles. The molecular weight excluding hydrogens is 453 g/mol. The van der Waals surface area contributed by atoms with Crippen molar-refractivity contribution in [2.75, 3.05) is 6.54 Å². The highest BCUT2D eigenvalue weighted by molar-refractivity contribution is 14.1. The van der Waals surface area contributed by atoms with Gasteiger partial charge in [-0.1, -0.05) is 42.5 Å². The molecule has 0 spiro atoms. The Morgan fingerprint density at radius 2 is 1.70 bits per heavy atom. The molecule has 2 atom stereocenters. The fraction of sp³-hybridized carbons (Fsp3) is 0.409. The van der Waals surface area contributed by atoms with Crippen LogP contribution in [0.4, 0.5) is 4.79 Å². The predicted molar refractivity (Wildman–Crippen MR) is 117 cm³/mol. The van der Waals surface area contributed by atoms with Crippen LogP contribution in [0.5, 0.6) is 0 Å². The molecule has 0 aromatic heterocycles. The number of benzene rings is 2. The highest BCUT2D eigenvalue weighted by Crippen LogP contribution is 2.20. The highest BCUT2D eigenvalue weighted by Gasteiger charge is 2.28. The Morgan fingerprint density at radius 1 is 1.11 bits per heavy atom. The van der Waals surface area contributed by atoms with Crippen molar-refractivity contribution in [2.24, 2.45) is 0 Å². The predicted octanol–water partition coefficient (Wildman–Crippen LogP) is 5.19. The van der Waals surface area contributed by atoms with Crippen molar-refractivity contribution in [3.05, 3.63) is 69.3 Å². The first-order valence-corrected chi connectivity index (χ1v) is 10.2. The van der Waals surface area contributed by atoms with E-state index in [4.69, 9.17) is 4.74 Å². The van der Waals surface area contributed by atoms with Gasteiger partial charge in [-0.2, -0.15) is 0 Å². The minimum Gasteiger partial charge on any atom is -0.444 e. The third-order valence-electron chi connectivity index (χ3n) is 4.16. The Balaban J connectivity index is 2.17. The van der Waals surface area contributed by atoms with Gasteiger partial charge in [0.25, 0.3) is 0 Å². The maximum atomic E-state index is 12.8. The SMILES string of the molecule is CC(Cc1ccc(I)cc1)N(CC(O)c1ccccc1)C(=O)OC(C)(C)C. The lowest BCUT2D eigenvalue weighted by Crippen LogP contribution is -2.45. The Morgan fingerprint density at radius 3 is 2.26 bits per heavy atom. The molecule has 0 aliphatic rings. The van der Waals surface area contributed by atoms with E-state index in [2.05, 4.69) is 46.9 Å². The van der Waals surface area contributed by atoms with E-state index >= 15 is 0 Å². The number of carbonyl (C=O) groups is 1. The molecule has 146 valence electrons. The standard InChI is InChI=1S/C22H28INO3/c1-16(14-17-10-12-19(23)13-11-17)24(21(26)27-22(2,3)4)15-20(25)18-8-6-5-7-9-18/h5-13,16,20,25H,14-15H2,1-4H3. The number of carbonyl (C=O) groups excluding carboxylic acids is 1. The quantitative estimate of drug-likeness (QED) is 0.578. The van der Waals surface area contributed by atoms with Crippen molar-refractivity contribution in [3.8, 4) is 0 Å². The first kappa shape index (κ1) is 21.7. The van der Waals surface area contributed by atoms with E-state index in [1.165, 1.54) is 3.57 Å². The fourth-order valence-corrected chi connectivity index (χ4v) is 3.15.